The maximum atomic E-state index is 5.53. The highest BCUT2D eigenvalue weighted by Crippen LogP contribution is 2.19. The predicted octanol–water partition coefficient (Wildman–Crippen LogP) is 2.50. The molecule has 1 atom stereocenters. The Morgan fingerprint density at radius 2 is 2.08 bits per heavy atom. The maximum Gasteiger partial charge on any atom is 0.0790 e. The SMILES string of the molecule is CCC(C)CNOC1CCCC1. The van der Waals surface area contributed by atoms with Crippen LogP contribution in [0.2, 0.25) is 0 Å². The highest BCUT2D eigenvalue weighted by Gasteiger charge is 2.15. The molecule has 72 valence electrons. The molecule has 0 aromatic rings. The summed E-state index contributed by atoms with van der Waals surface area (Å²) in [7, 11) is 0. The highest BCUT2D eigenvalue weighted by atomic mass is 16.7. The van der Waals surface area contributed by atoms with Crippen LogP contribution in [-0.2, 0) is 4.84 Å². The summed E-state index contributed by atoms with van der Waals surface area (Å²) < 4.78 is 0. The normalized spacial score (nSPS) is 21.5. The second-order valence-corrected chi connectivity index (χ2v) is 3.89. The Balaban J connectivity index is 1.94. The number of hydroxylamine groups is 1. The van der Waals surface area contributed by atoms with E-state index in [0.29, 0.717) is 6.10 Å². The van der Waals surface area contributed by atoms with E-state index in [2.05, 4.69) is 19.3 Å². The van der Waals surface area contributed by atoms with Crippen LogP contribution in [0, 0.1) is 5.92 Å². The first kappa shape index (κ1) is 10.0. The van der Waals surface area contributed by atoms with Crippen LogP contribution in [0.1, 0.15) is 46.0 Å². The van der Waals surface area contributed by atoms with Crippen molar-refractivity contribution in [3.8, 4) is 0 Å². The van der Waals surface area contributed by atoms with Gasteiger partial charge in [-0.25, -0.2) is 5.48 Å². The van der Waals surface area contributed by atoms with E-state index < -0.39 is 0 Å². The molecule has 2 heteroatoms. The molecule has 1 aliphatic rings. The van der Waals surface area contributed by atoms with Gasteiger partial charge in [-0.1, -0.05) is 33.1 Å². The van der Waals surface area contributed by atoms with Crippen LogP contribution in [0.15, 0.2) is 0 Å². The molecule has 0 aliphatic heterocycles. The topological polar surface area (TPSA) is 21.3 Å². The van der Waals surface area contributed by atoms with Gasteiger partial charge < -0.3 is 0 Å². The van der Waals surface area contributed by atoms with Gasteiger partial charge in [-0.05, 0) is 18.8 Å². The zero-order chi connectivity index (χ0) is 8.81. The molecule has 0 bridgehead atoms. The molecular formula is C10H21NO. The van der Waals surface area contributed by atoms with Gasteiger partial charge in [0.25, 0.3) is 0 Å². The molecule has 1 N–H and O–H groups in total. The van der Waals surface area contributed by atoms with Crippen LogP contribution >= 0.6 is 0 Å². The summed E-state index contributed by atoms with van der Waals surface area (Å²) in [4.78, 5) is 5.53. The van der Waals surface area contributed by atoms with Crippen LogP contribution in [-0.4, -0.2) is 12.6 Å². The van der Waals surface area contributed by atoms with E-state index >= 15 is 0 Å². The van der Waals surface area contributed by atoms with Crippen molar-refractivity contribution in [1.82, 2.24) is 5.48 Å². The van der Waals surface area contributed by atoms with Crippen molar-refractivity contribution in [2.45, 2.75) is 52.1 Å². The van der Waals surface area contributed by atoms with Crippen LogP contribution in [0.3, 0.4) is 0 Å². The Morgan fingerprint density at radius 3 is 2.67 bits per heavy atom. The van der Waals surface area contributed by atoms with Crippen molar-refractivity contribution in [2.75, 3.05) is 6.54 Å². The Kier molecular flexibility index (Phi) is 4.62. The third kappa shape index (κ3) is 3.55. The molecule has 1 unspecified atom stereocenters. The number of rotatable bonds is 5. The Bertz CT molecular complexity index is 110. The summed E-state index contributed by atoms with van der Waals surface area (Å²) in [5, 5.41) is 0. The Hall–Kier alpha value is -0.0800. The minimum absolute atomic E-state index is 0.494. The molecular weight excluding hydrogens is 150 g/mol. The molecule has 1 saturated carbocycles. The van der Waals surface area contributed by atoms with E-state index in [4.69, 9.17) is 4.84 Å². The lowest BCUT2D eigenvalue weighted by atomic mass is 10.1. The fourth-order valence-electron chi connectivity index (χ4n) is 1.46. The summed E-state index contributed by atoms with van der Waals surface area (Å²) in [5.74, 6) is 0.728. The summed E-state index contributed by atoms with van der Waals surface area (Å²) in [6.45, 7) is 5.44. The van der Waals surface area contributed by atoms with Gasteiger partial charge in [-0.15, -0.1) is 0 Å². The van der Waals surface area contributed by atoms with E-state index in [-0.39, 0.29) is 0 Å². The van der Waals surface area contributed by atoms with Gasteiger partial charge in [0.2, 0.25) is 0 Å². The molecule has 0 aromatic carbocycles. The molecule has 1 aliphatic carbocycles. The Labute approximate surface area is 75.6 Å². The lowest BCUT2D eigenvalue weighted by Crippen LogP contribution is -2.26. The summed E-state index contributed by atoms with van der Waals surface area (Å²) in [5.41, 5.74) is 3.08. The van der Waals surface area contributed by atoms with Crippen molar-refractivity contribution in [3.05, 3.63) is 0 Å². The molecule has 0 spiro atoms. The maximum absolute atomic E-state index is 5.53. The molecule has 12 heavy (non-hydrogen) atoms. The number of hydrogen-bond donors (Lipinski definition) is 1. The largest absolute Gasteiger partial charge is 0.299 e. The molecule has 0 saturated heterocycles. The minimum Gasteiger partial charge on any atom is -0.299 e. The van der Waals surface area contributed by atoms with E-state index in [1.165, 1.54) is 32.1 Å². The lowest BCUT2D eigenvalue weighted by Gasteiger charge is -2.14. The van der Waals surface area contributed by atoms with Crippen molar-refractivity contribution in [2.24, 2.45) is 5.92 Å². The first-order valence-electron chi connectivity index (χ1n) is 5.21. The third-order valence-corrected chi connectivity index (χ3v) is 2.68. The molecule has 1 fully saturated rings. The lowest BCUT2D eigenvalue weighted by molar-refractivity contribution is -0.0259. The second kappa shape index (κ2) is 5.55. The summed E-state index contributed by atoms with van der Waals surface area (Å²) in [6, 6.07) is 0. The van der Waals surface area contributed by atoms with Crippen molar-refractivity contribution >= 4 is 0 Å². The molecule has 0 amide bonds. The van der Waals surface area contributed by atoms with Crippen molar-refractivity contribution in [1.29, 1.82) is 0 Å². The van der Waals surface area contributed by atoms with Crippen LogP contribution in [0.25, 0.3) is 0 Å². The van der Waals surface area contributed by atoms with Crippen molar-refractivity contribution < 1.29 is 4.84 Å². The fraction of sp³-hybridized carbons (Fsp3) is 1.00. The summed E-state index contributed by atoms with van der Waals surface area (Å²) >= 11 is 0. The standard InChI is InChI=1S/C10H21NO/c1-3-9(2)8-11-12-10-6-4-5-7-10/h9-11H,3-8H2,1-2H3. The van der Waals surface area contributed by atoms with Crippen molar-refractivity contribution in [3.63, 3.8) is 0 Å². The van der Waals surface area contributed by atoms with Gasteiger partial charge >= 0.3 is 0 Å². The van der Waals surface area contributed by atoms with E-state index in [1.54, 1.807) is 0 Å². The predicted molar refractivity (Wildman–Crippen MR) is 50.8 cm³/mol. The highest BCUT2D eigenvalue weighted by molar-refractivity contribution is 4.65. The molecule has 0 aromatic heterocycles. The quantitative estimate of drug-likeness (QED) is 0.642. The molecule has 0 heterocycles. The van der Waals surface area contributed by atoms with Crippen LogP contribution in [0.5, 0.6) is 0 Å². The smallest absolute Gasteiger partial charge is 0.0790 e. The fourth-order valence-corrected chi connectivity index (χ4v) is 1.46. The van der Waals surface area contributed by atoms with Gasteiger partial charge in [0.1, 0.15) is 0 Å². The Morgan fingerprint density at radius 1 is 1.42 bits per heavy atom. The first-order valence-corrected chi connectivity index (χ1v) is 5.21. The van der Waals surface area contributed by atoms with Gasteiger partial charge in [0.05, 0.1) is 6.10 Å². The summed E-state index contributed by atoms with van der Waals surface area (Å²) in [6.07, 6.45) is 6.89. The average Bonchev–Trinajstić information content (AvgIpc) is 2.57. The number of hydrogen-bond acceptors (Lipinski definition) is 2. The van der Waals surface area contributed by atoms with E-state index in [0.717, 1.165) is 12.5 Å². The average molecular weight is 171 g/mol. The number of nitrogens with one attached hydrogen (secondary N) is 1. The van der Waals surface area contributed by atoms with E-state index in [9.17, 15) is 0 Å². The molecule has 1 rings (SSSR count). The van der Waals surface area contributed by atoms with Gasteiger partial charge in [-0.3, -0.25) is 4.84 Å². The van der Waals surface area contributed by atoms with E-state index in [1.807, 2.05) is 0 Å². The zero-order valence-corrected chi connectivity index (χ0v) is 8.31. The third-order valence-electron chi connectivity index (χ3n) is 2.68. The van der Waals surface area contributed by atoms with Gasteiger partial charge in [-0.2, -0.15) is 0 Å². The first-order chi connectivity index (χ1) is 5.83. The zero-order valence-electron chi connectivity index (χ0n) is 8.31. The molecule has 0 radical (unpaired) electrons. The molecule has 2 nitrogen and oxygen atoms in total. The monoisotopic (exact) mass is 171 g/mol. The van der Waals surface area contributed by atoms with Gasteiger partial charge in [0.15, 0.2) is 0 Å². The second-order valence-electron chi connectivity index (χ2n) is 3.89. The minimum atomic E-state index is 0.494. The van der Waals surface area contributed by atoms with Crippen LogP contribution in [0.4, 0.5) is 0 Å². The van der Waals surface area contributed by atoms with Gasteiger partial charge in [0, 0.05) is 6.54 Å². The van der Waals surface area contributed by atoms with Crippen LogP contribution < -0.4 is 5.48 Å².